The molecule has 0 N–H and O–H groups in total. The summed E-state index contributed by atoms with van der Waals surface area (Å²) in [7, 11) is 0. The van der Waals surface area contributed by atoms with Crippen LogP contribution in [0.1, 0.15) is 0 Å². The number of nitrogens with zero attached hydrogens (tertiary/aromatic N) is 1. The fraction of sp³-hybridized carbons (Fsp3) is 0. The molecule has 1 rings (SSSR count). The van der Waals surface area contributed by atoms with Crippen molar-refractivity contribution in [1.29, 1.82) is 0 Å². The third-order valence-electron chi connectivity index (χ3n) is 1.12. The van der Waals surface area contributed by atoms with E-state index >= 15 is 0 Å². The Balaban J connectivity index is 3.20. The third-order valence-corrected chi connectivity index (χ3v) is 1.42. The lowest BCUT2D eigenvalue weighted by atomic mass is 10.3. The first-order valence-corrected chi connectivity index (χ1v) is 3.10. The van der Waals surface area contributed by atoms with Gasteiger partial charge in [0.15, 0.2) is 5.75 Å². The van der Waals surface area contributed by atoms with Crippen LogP contribution in [0.2, 0.25) is 5.02 Å². The standard InChI is InChI=1S/C6H3ClNO3/c7-5-3-4(9)1-2-6(5)8(10)11/h1-3H. The fourth-order valence-electron chi connectivity index (χ4n) is 0.636. The Morgan fingerprint density at radius 3 is 2.55 bits per heavy atom. The van der Waals surface area contributed by atoms with Crippen LogP contribution < -0.4 is 0 Å². The van der Waals surface area contributed by atoms with Crippen molar-refractivity contribution >= 4 is 17.3 Å². The summed E-state index contributed by atoms with van der Waals surface area (Å²) in [6.45, 7) is 0. The highest BCUT2D eigenvalue weighted by Gasteiger charge is 2.11. The Kier molecular flexibility index (Phi) is 1.96. The second-order valence-corrected chi connectivity index (χ2v) is 2.28. The Hall–Kier alpha value is -1.29. The maximum absolute atomic E-state index is 10.6. The van der Waals surface area contributed by atoms with E-state index in [0.717, 1.165) is 18.2 Å². The van der Waals surface area contributed by atoms with Gasteiger partial charge >= 0.3 is 0 Å². The van der Waals surface area contributed by atoms with Gasteiger partial charge in [-0.1, -0.05) is 11.6 Å². The van der Waals surface area contributed by atoms with Gasteiger partial charge in [0.05, 0.1) is 4.92 Å². The van der Waals surface area contributed by atoms with Crippen LogP contribution in [0, 0.1) is 10.1 Å². The lowest BCUT2D eigenvalue weighted by molar-refractivity contribution is -0.384. The Bertz CT molecular complexity index is 300. The smallest absolute Gasteiger partial charge is 0.288 e. The number of nitro groups is 1. The minimum absolute atomic E-state index is 0.123. The predicted molar refractivity (Wildman–Crippen MR) is 38.2 cm³/mol. The minimum atomic E-state index is -0.637. The number of rotatable bonds is 1. The van der Waals surface area contributed by atoms with Gasteiger partial charge in [0.2, 0.25) is 0 Å². The van der Waals surface area contributed by atoms with Crippen LogP contribution in [-0.4, -0.2) is 4.92 Å². The zero-order valence-corrected chi connectivity index (χ0v) is 6.04. The lowest BCUT2D eigenvalue weighted by Gasteiger charge is -1.92. The minimum Gasteiger partial charge on any atom is -0.290 e. The summed E-state index contributed by atoms with van der Waals surface area (Å²) in [4.78, 5) is 9.52. The molecular weight excluding hydrogens is 170 g/mol. The zero-order valence-electron chi connectivity index (χ0n) is 5.28. The fourth-order valence-corrected chi connectivity index (χ4v) is 0.875. The van der Waals surface area contributed by atoms with Crippen LogP contribution in [0.4, 0.5) is 5.69 Å². The summed E-state index contributed by atoms with van der Waals surface area (Å²) >= 11 is 5.38. The van der Waals surface area contributed by atoms with Crippen molar-refractivity contribution in [3.05, 3.63) is 33.3 Å². The molecule has 0 saturated carbocycles. The molecule has 0 fully saturated rings. The van der Waals surface area contributed by atoms with Crippen LogP contribution in [-0.2, 0) is 5.11 Å². The number of benzene rings is 1. The van der Waals surface area contributed by atoms with Crippen LogP contribution >= 0.6 is 11.6 Å². The maximum Gasteiger partial charge on any atom is 0.288 e. The molecule has 0 spiro atoms. The molecule has 0 saturated heterocycles. The Morgan fingerprint density at radius 2 is 2.09 bits per heavy atom. The van der Waals surface area contributed by atoms with Gasteiger partial charge in [-0.2, -0.15) is 0 Å². The molecule has 0 heterocycles. The molecule has 0 atom stereocenters. The van der Waals surface area contributed by atoms with Crippen molar-refractivity contribution in [3.63, 3.8) is 0 Å². The molecule has 1 radical (unpaired) electrons. The molecule has 1 aromatic carbocycles. The molecule has 5 heteroatoms. The van der Waals surface area contributed by atoms with Crippen molar-refractivity contribution in [3.8, 4) is 5.75 Å². The maximum atomic E-state index is 10.6. The molecule has 57 valence electrons. The first-order valence-electron chi connectivity index (χ1n) is 2.72. The third kappa shape index (κ3) is 1.59. The first kappa shape index (κ1) is 7.81. The highest BCUT2D eigenvalue weighted by molar-refractivity contribution is 6.32. The highest BCUT2D eigenvalue weighted by atomic mass is 35.5. The molecular formula is C6H3ClNO3. The average molecular weight is 173 g/mol. The van der Waals surface area contributed by atoms with Gasteiger partial charge in [-0.3, -0.25) is 15.2 Å². The Labute approximate surface area is 67.2 Å². The van der Waals surface area contributed by atoms with Gasteiger partial charge < -0.3 is 0 Å². The van der Waals surface area contributed by atoms with Gasteiger partial charge in [-0.25, -0.2) is 0 Å². The molecule has 0 amide bonds. The van der Waals surface area contributed by atoms with Crippen LogP contribution in [0.15, 0.2) is 18.2 Å². The number of halogens is 1. The molecule has 1 aromatic rings. The van der Waals surface area contributed by atoms with Gasteiger partial charge in [0, 0.05) is 12.1 Å². The van der Waals surface area contributed by atoms with E-state index in [1.165, 1.54) is 0 Å². The summed E-state index contributed by atoms with van der Waals surface area (Å²) in [6.07, 6.45) is 0. The van der Waals surface area contributed by atoms with E-state index in [2.05, 4.69) is 0 Å². The number of hydrogen-bond acceptors (Lipinski definition) is 2. The molecule has 0 aliphatic heterocycles. The quantitative estimate of drug-likeness (QED) is 0.482. The van der Waals surface area contributed by atoms with E-state index < -0.39 is 4.92 Å². The topological polar surface area (TPSA) is 63.0 Å². The van der Waals surface area contributed by atoms with Crippen LogP contribution in [0.5, 0.6) is 5.75 Å². The summed E-state index contributed by atoms with van der Waals surface area (Å²) < 4.78 is 0. The monoisotopic (exact) mass is 172 g/mol. The molecule has 0 unspecified atom stereocenters. The zero-order chi connectivity index (χ0) is 8.43. The molecule has 0 aliphatic rings. The van der Waals surface area contributed by atoms with E-state index in [4.69, 9.17) is 11.6 Å². The lowest BCUT2D eigenvalue weighted by Crippen LogP contribution is -1.87. The summed E-state index contributed by atoms with van der Waals surface area (Å²) in [5.74, 6) is -0.333. The van der Waals surface area contributed by atoms with Crippen LogP contribution in [0.25, 0.3) is 0 Å². The van der Waals surface area contributed by atoms with Crippen molar-refractivity contribution < 1.29 is 10.0 Å². The first-order chi connectivity index (χ1) is 5.11. The summed E-state index contributed by atoms with van der Waals surface area (Å²) in [5.41, 5.74) is -0.244. The van der Waals surface area contributed by atoms with Crippen LogP contribution in [0.3, 0.4) is 0 Å². The van der Waals surface area contributed by atoms with Crippen molar-refractivity contribution in [2.24, 2.45) is 0 Å². The normalized spacial score (nSPS) is 9.55. The average Bonchev–Trinajstić information content (AvgIpc) is 1.85. The van der Waals surface area contributed by atoms with Gasteiger partial charge in [-0.05, 0) is 6.07 Å². The molecule has 0 aromatic heterocycles. The molecule has 0 bridgehead atoms. The van der Waals surface area contributed by atoms with Crippen molar-refractivity contribution in [2.45, 2.75) is 0 Å². The summed E-state index contributed by atoms with van der Waals surface area (Å²) in [6, 6.07) is 3.20. The number of hydrogen-bond donors (Lipinski definition) is 0. The van der Waals surface area contributed by atoms with Gasteiger partial charge in [-0.15, -0.1) is 0 Å². The predicted octanol–water partition coefficient (Wildman–Crippen LogP) is 2.39. The van der Waals surface area contributed by atoms with Gasteiger partial charge in [0.1, 0.15) is 5.02 Å². The van der Waals surface area contributed by atoms with E-state index in [-0.39, 0.29) is 16.5 Å². The number of nitro benzene ring substituents is 1. The van der Waals surface area contributed by atoms with E-state index in [0.29, 0.717) is 0 Å². The second-order valence-electron chi connectivity index (χ2n) is 1.87. The van der Waals surface area contributed by atoms with E-state index in [1.807, 2.05) is 0 Å². The SMILES string of the molecule is [O]c1ccc([N+](=O)[O-])c(Cl)c1. The Morgan fingerprint density at radius 1 is 1.45 bits per heavy atom. The molecule has 0 aliphatic carbocycles. The molecule has 11 heavy (non-hydrogen) atoms. The molecule has 4 nitrogen and oxygen atoms in total. The summed E-state index contributed by atoms with van der Waals surface area (Å²) in [5, 5.41) is 20.6. The van der Waals surface area contributed by atoms with Crippen molar-refractivity contribution in [1.82, 2.24) is 0 Å². The van der Waals surface area contributed by atoms with Crippen molar-refractivity contribution in [2.75, 3.05) is 0 Å². The van der Waals surface area contributed by atoms with Gasteiger partial charge in [0.25, 0.3) is 5.69 Å². The van der Waals surface area contributed by atoms with E-state index in [1.54, 1.807) is 0 Å². The second kappa shape index (κ2) is 2.75. The highest BCUT2D eigenvalue weighted by Crippen LogP contribution is 2.27. The largest absolute Gasteiger partial charge is 0.290 e. The van der Waals surface area contributed by atoms with E-state index in [9.17, 15) is 15.2 Å².